The van der Waals surface area contributed by atoms with Gasteiger partial charge in [0.15, 0.2) is 0 Å². The van der Waals surface area contributed by atoms with E-state index in [2.05, 4.69) is 36.0 Å². The van der Waals surface area contributed by atoms with Crippen LogP contribution < -0.4 is 10.2 Å². The second-order valence-corrected chi connectivity index (χ2v) is 5.37. The van der Waals surface area contributed by atoms with Crippen LogP contribution in [0.25, 0.3) is 0 Å². The van der Waals surface area contributed by atoms with Crippen LogP contribution in [-0.2, 0) is 6.54 Å². The molecular weight excluding hydrogens is 214 g/mol. The summed E-state index contributed by atoms with van der Waals surface area (Å²) in [5.74, 6) is 0.583. The highest BCUT2D eigenvalue weighted by Crippen LogP contribution is 2.21. The summed E-state index contributed by atoms with van der Waals surface area (Å²) in [6.07, 6.45) is 4.36. The lowest BCUT2D eigenvalue weighted by Gasteiger charge is -2.26. The number of hydrogen-bond acceptors (Lipinski definition) is 4. The van der Waals surface area contributed by atoms with E-state index in [4.69, 9.17) is 4.42 Å². The Hall–Kier alpha value is -1.03. The van der Waals surface area contributed by atoms with Crippen molar-refractivity contribution in [2.24, 2.45) is 5.92 Å². The summed E-state index contributed by atoms with van der Waals surface area (Å²) in [6, 6.07) is 1.86. The summed E-state index contributed by atoms with van der Waals surface area (Å²) in [5, 5.41) is 3.44. The van der Waals surface area contributed by atoms with Gasteiger partial charge >= 0.3 is 0 Å². The molecule has 1 heterocycles. The Morgan fingerprint density at radius 1 is 1.47 bits per heavy atom. The molecule has 0 spiro atoms. The number of anilines is 1. The zero-order valence-corrected chi connectivity index (χ0v) is 11.2. The van der Waals surface area contributed by atoms with Crippen LogP contribution in [0.4, 0.5) is 6.01 Å². The Morgan fingerprint density at radius 2 is 2.18 bits per heavy atom. The molecule has 0 aromatic carbocycles. The summed E-state index contributed by atoms with van der Waals surface area (Å²) in [5.41, 5.74) is 0.995. The van der Waals surface area contributed by atoms with Crippen molar-refractivity contribution in [2.45, 2.75) is 52.2 Å². The first-order chi connectivity index (χ1) is 8.08. The second-order valence-electron chi connectivity index (χ2n) is 5.37. The van der Waals surface area contributed by atoms with Crippen molar-refractivity contribution in [2.75, 3.05) is 11.9 Å². The van der Waals surface area contributed by atoms with Crippen molar-refractivity contribution in [1.82, 2.24) is 10.3 Å². The molecular formula is C13H23N3O. The number of oxazole rings is 1. The quantitative estimate of drug-likeness (QED) is 0.825. The molecule has 4 nitrogen and oxygen atoms in total. The fraction of sp³-hybridized carbons (Fsp3) is 0.769. The number of hydrogen-bond donors (Lipinski definition) is 1. The smallest absolute Gasteiger partial charge is 0.297 e. The van der Waals surface area contributed by atoms with Gasteiger partial charge in [0.2, 0.25) is 0 Å². The summed E-state index contributed by atoms with van der Waals surface area (Å²) < 4.78 is 5.53. The van der Waals surface area contributed by atoms with Gasteiger partial charge in [-0.2, -0.15) is 4.98 Å². The Bertz CT molecular complexity index is 357. The van der Waals surface area contributed by atoms with Crippen LogP contribution in [0, 0.1) is 5.92 Å². The van der Waals surface area contributed by atoms with E-state index >= 15 is 0 Å². The van der Waals surface area contributed by atoms with E-state index in [1.807, 2.05) is 7.05 Å². The van der Waals surface area contributed by atoms with Gasteiger partial charge < -0.3 is 14.6 Å². The van der Waals surface area contributed by atoms with Crippen molar-refractivity contribution in [3.63, 3.8) is 0 Å². The molecule has 1 aliphatic carbocycles. The molecule has 0 bridgehead atoms. The number of nitrogens with one attached hydrogen (secondary N) is 1. The molecule has 4 heteroatoms. The molecule has 0 radical (unpaired) electrons. The van der Waals surface area contributed by atoms with Crippen molar-refractivity contribution in [1.29, 1.82) is 0 Å². The lowest BCUT2D eigenvalue weighted by molar-refractivity contribution is 0.457. The SMILES string of the molecule is CC(C)C(C)N(C)c1nc(CNC2CC2)co1. The van der Waals surface area contributed by atoms with E-state index in [9.17, 15) is 0 Å². The van der Waals surface area contributed by atoms with Crippen LogP contribution >= 0.6 is 0 Å². The van der Waals surface area contributed by atoms with Gasteiger partial charge in [0.25, 0.3) is 6.01 Å². The maximum atomic E-state index is 5.53. The Labute approximate surface area is 103 Å². The zero-order chi connectivity index (χ0) is 12.4. The van der Waals surface area contributed by atoms with Gasteiger partial charge in [0, 0.05) is 25.7 Å². The summed E-state index contributed by atoms with van der Waals surface area (Å²) in [6.45, 7) is 7.42. The first kappa shape index (κ1) is 12.4. The third kappa shape index (κ3) is 3.22. The molecule has 0 aliphatic heterocycles. The Balaban J connectivity index is 1.91. The van der Waals surface area contributed by atoms with E-state index in [0.717, 1.165) is 18.3 Å². The molecule has 1 aliphatic rings. The minimum Gasteiger partial charge on any atom is -0.432 e. The Kier molecular flexibility index (Phi) is 3.72. The van der Waals surface area contributed by atoms with Gasteiger partial charge in [0.05, 0.1) is 5.69 Å². The van der Waals surface area contributed by atoms with Gasteiger partial charge in [-0.05, 0) is 25.7 Å². The predicted molar refractivity (Wildman–Crippen MR) is 69.1 cm³/mol. The molecule has 96 valence electrons. The molecule has 1 aromatic heterocycles. The topological polar surface area (TPSA) is 41.3 Å². The summed E-state index contributed by atoms with van der Waals surface area (Å²) in [7, 11) is 2.04. The van der Waals surface area contributed by atoms with Crippen LogP contribution in [0.2, 0.25) is 0 Å². The van der Waals surface area contributed by atoms with Crippen LogP contribution in [0.1, 0.15) is 39.3 Å². The molecule has 1 aromatic rings. The largest absolute Gasteiger partial charge is 0.432 e. The number of aromatic nitrogens is 1. The van der Waals surface area contributed by atoms with E-state index in [0.29, 0.717) is 18.0 Å². The lowest BCUT2D eigenvalue weighted by atomic mass is 10.1. The van der Waals surface area contributed by atoms with Crippen LogP contribution in [0.3, 0.4) is 0 Å². The van der Waals surface area contributed by atoms with E-state index in [-0.39, 0.29) is 0 Å². The molecule has 0 amide bonds. The first-order valence-electron chi connectivity index (χ1n) is 6.48. The summed E-state index contributed by atoms with van der Waals surface area (Å²) >= 11 is 0. The average molecular weight is 237 g/mol. The molecule has 1 atom stereocenters. The maximum absolute atomic E-state index is 5.53. The van der Waals surface area contributed by atoms with Crippen LogP contribution in [0.5, 0.6) is 0 Å². The van der Waals surface area contributed by atoms with Crippen molar-refractivity contribution in [3.05, 3.63) is 12.0 Å². The van der Waals surface area contributed by atoms with Crippen molar-refractivity contribution >= 4 is 6.01 Å². The number of rotatable bonds is 6. The fourth-order valence-corrected chi connectivity index (χ4v) is 1.70. The van der Waals surface area contributed by atoms with Gasteiger partial charge in [-0.1, -0.05) is 13.8 Å². The fourth-order valence-electron chi connectivity index (χ4n) is 1.70. The number of nitrogens with zero attached hydrogens (tertiary/aromatic N) is 2. The normalized spacial score (nSPS) is 17.5. The highest BCUT2D eigenvalue weighted by Gasteiger charge is 2.21. The summed E-state index contributed by atoms with van der Waals surface area (Å²) in [4.78, 5) is 6.61. The van der Waals surface area contributed by atoms with E-state index in [1.165, 1.54) is 12.8 Å². The molecule has 2 rings (SSSR count). The highest BCUT2D eigenvalue weighted by molar-refractivity contribution is 5.27. The highest BCUT2D eigenvalue weighted by atomic mass is 16.4. The second kappa shape index (κ2) is 5.08. The first-order valence-corrected chi connectivity index (χ1v) is 6.48. The Morgan fingerprint density at radius 3 is 2.76 bits per heavy atom. The molecule has 1 unspecified atom stereocenters. The standard InChI is InChI=1S/C13H23N3O/c1-9(2)10(3)16(4)13-15-12(8-17-13)7-14-11-5-6-11/h8-11,14H,5-7H2,1-4H3. The van der Waals surface area contributed by atoms with E-state index in [1.54, 1.807) is 6.26 Å². The van der Waals surface area contributed by atoms with Crippen molar-refractivity contribution < 1.29 is 4.42 Å². The molecule has 17 heavy (non-hydrogen) atoms. The van der Waals surface area contributed by atoms with E-state index < -0.39 is 0 Å². The third-order valence-electron chi connectivity index (χ3n) is 3.57. The molecule has 0 saturated heterocycles. The molecule has 1 saturated carbocycles. The van der Waals surface area contributed by atoms with Crippen LogP contribution in [-0.4, -0.2) is 24.1 Å². The lowest BCUT2D eigenvalue weighted by Crippen LogP contribution is -2.33. The van der Waals surface area contributed by atoms with Gasteiger partial charge in [-0.25, -0.2) is 0 Å². The van der Waals surface area contributed by atoms with Gasteiger partial charge in [-0.15, -0.1) is 0 Å². The predicted octanol–water partition coefficient (Wildman–Crippen LogP) is 2.41. The van der Waals surface area contributed by atoms with Gasteiger partial charge in [0.1, 0.15) is 6.26 Å². The average Bonchev–Trinajstić information content (AvgIpc) is 3.02. The third-order valence-corrected chi connectivity index (χ3v) is 3.57. The zero-order valence-electron chi connectivity index (χ0n) is 11.2. The van der Waals surface area contributed by atoms with Gasteiger partial charge in [-0.3, -0.25) is 0 Å². The monoisotopic (exact) mass is 237 g/mol. The van der Waals surface area contributed by atoms with Crippen LogP contribution in [0.15, 0.2) is 10.7 Å². The van der Waals surface area contributed by atoms with Crippen molar-refractivity contribution in [3.8, 4) is 0 Å². The minimum atomic E-state index is 0.429. The minimum absolute atomic E-state index is 0.429. The molecule has 1 N–H and O–H groups in total. The molecule has 1 fully saturated rings. The maximum Gasteiger partial charge on any atom is 0.297 e.